The van der Waals surface area contributed by atoms with Crippen LogP contribution in [0.4, 0.5) is 10.5 Å². The second kappa shape index (κ2) is 10.2. The van der Waals surface area contributed by atoms with Crippen LogP contribution >= 0.6 is 11.6 Å². The summed E-state index contributed by atoms with van der Waals surface area (Å²) in [4.78, 5) is 36.0. The van der Waals surface area contributed by atoms with E-state index < -0.39 is 23.8 Å². The van der Waals surface area contributed by atoms with Gasteiger partial charge < -0.3 is 18.6 Å². The first-order chi connectivity index (χ1) is 15.3. The molecule has 0 aliphatic heterocycles. The molecule has 0 saturated carbocycles. The number of rotatable bonds is 7. The maximum atomic E-state index is 12.4. The zero-order valence-corrected chi connectivity index (χ0v) is 18.5. The lowest BCUT2D eigenvalue weighted by Crippen LogP contribution is -2.26. The zero-order chi connectivity index (χ0) is 23.3. The molecule has 0 radical (unpaired) electrons. The van der Waals surface area contributed by atoms with E-state index in [0.717, 1.165) is 5.56 Å². The first-order valence-corrected chi connectivity index (χ1v) is 10.2. The molecule has 0 aliphatic rings. The fraction of sp³-hybridized carbons (Fsp3) is 0.261. The first-order valence-electron chi connectivity index (χ1n) is 9.87. The van der Waals surface area contributed by atoms with Crippen molar-refractivity contribution >= 4 is 40.3 Å². The number of halogens is 1. The van der Waals surface area contributed by atoms with Crippen LogP contribution < -0.4 is 15.7 Å². The third-order valence-corrected chi connectivity index (χ3v) is 4.73. The first kappa shape index (κ1) is 23.1. The number of benzene rings is 2. The number of amides is 1. The zero-order valence-electron chi connectivity index (χ0n) is 17.8. The van der Waals surface area contributed by atoms with Gasteiger partial charge in [0.25, 0.3) is 0 Å². The average Bonchev–Trinajstić information content (AvgIpc) is 2.73. The maximum Gasteiger partial charge on any atom is 0.411 e. The number of nitrogens with one attached hydrogen (secondary N) is 1. The number of hydrogen-bond donors (Lipinski definition) is 1. The highest BCUT2D eigenvalue weighted by Crippen LogP contribution is 2.24. The lowest BCUT2D eigenvalue weighted by Gasteiger charge is -2.16. The van der Waals surface area contributed by atoms with Crippen molar-refractivity contribution < 1.29 is 28.2 Å². The van der Waals surface area contributed by atoms with Crippen LogP contribution in [0.2, 0.25) is 5.02 Å². The molecular weight excluding hydrogens is 438 g/mol. The van der Waals surface area contributed by atoms with Gasteiger partial charge >= 0.3 is 17.7 Å². The highest BCUT2D eigenvalue weighted by Gasteiger charge is 2.18. The van der Waals surface area contributed by atoms with Gasteiger partial charge in [0.15, 0.2) is 6.10 Å². The van der Waals surface area contributed by atoms with Gasteiger partial charge in [0.2, 0.25) is 0 Å². The van der Waals surface area contributed by atoms with Crippen LogP contribution in [0.1, 0.15) is 25.0 Å². The molecule has 0 spiro atoms. The standard InChI is InChI=1S/C23H22ClNO7/c1-4-29-23(28)25-17-6-7-18-15(10-21(26)32-20(18)11-17)12-30-22(27)14(3)31-19-8-5-16(24)9-13(19)2/h5-11,14H,4,12H2,1-3H3,(H,25,28). The molecule has 9 heteroatoms. The fourth-order valence-corrected chi connectivity index (χ4v) is 3.19. The Hall–Kier alpha value is -3.52. The molecule has 1 heterocycles. The number of fused-ring (bicyclic) bond motifs is 1. The number of carbonyl (C=O) groups is 2. The van der Waals surface area contributed by atoms with E-state index >= 15 is 0 Å². The summed E-state index contributed by atoms with van der Waals surface area (Å²) in [5.41, 5.74) is 1.27. The minimum Gasteiger partial charge on any atom is -0.479 e. The highest BCUT2D eigenvalue weighted by molar-refractivity contribution is 6.30. The van der Waals surface area contributed by atoms with Crippen molar-refractivity contribution in [1.82, 2.24) is 0 Å². The number of hydrogen-bond acceptors (Lipinski definition) is 7. The van der Waals surface area contributed by atoms with Crippen LogP contribution in [-0.4, -0.2) is 24.8 Å². The van der Waals surface area contributed by atoms with Gasteiger partial charge in [0.1, 0.15) is 17.9 Å². The summed E-state index contributed by atoms with van der Waals surface area (Å²) >= 11 is 5.94. The van der Waals surface area contributed by atoms with Crippen molar-refractivity contribution in [2.45, 2.75) is 33.5 Å². The van der Waals surface area contributed by atoms with Crippen LogP contribution in [0.25, 0.3) is 11.0 Å². The lowest BCUT2D eigenvalue weighted by molar-refractivity contribution is -0.152. The van der Waals surface area contributed by atoms with E-state index in [0.29, 0.717) is 27.4 Å². The van der Waals surface area contributed by atoms with Gasteiger partial charge in [0, 0.05) is 33.8 Å². The number of aryl methyl sites for hydroxylation is 1. The molecule has 1 amide bonds. The Labute approximate surface area is 189 Å². The average molecular weight is 460 g/mol. The molecular formula is C23H22ClNO7. The van der Waals surface area contributed by atoms with Crippen molar-refractivity contribution in [3.8, 4) is 5.75 Å². The Balaban J connectivity index is 1.71. The molecule has 1 unspecified atom stereocenters. The van der Waals surface area contributed by atoms with E-state index in [1.165, 1.54) is 12.1 Å². The van der Waals surface area contributed by atoms with Crippen LogP contribution in [0, 0.1) is 6.92 Å². The molecule has 1 N–H and O–H groups in total. The van der Waals surface area contributed by atoms with Gasteiger partial charge in [-0.1, -0.05) is 11.6 Å². The van der Waals surface area contributed by atoms with E-state index in [1.54, 1.807) is 44.2 Å². The molecule has 168 valence electrons. The SMILES string of the molecule is CCOC(=O)Nc1ccc2c(COC(=O)C(C)Oc3ccc(Cl)cc3C)cc(=O)oc2c1. The molecule has 0 aliphatic carbocycles. The quantitative estimate of drug-likeness (QED) is 0.398. The highest BCUT2D eigenvalue weighted by atomic mass is 35.5. The summed E-state index contributed by atoms with van der Waals surface area (Å²) in [5.74, 6) is -0.0763. The van der Waals surface area contributed by atoms with Crippen molar-refractivity contribution in [1.29, 1.82) is 0 Å². The Morgan fingerprint density at radius 2 is 1.91 bits per heavy atom. The predicted molar refractivity (Wildman–Crippen MR) is 119 cm³/mol. The van der Waals surface area contributed by atoms with E-state index in [4.69, 9.17) is 30.2 Å². The van der Waals surface area contributed by atoms with Gasteiger partial charge in [-0.3, -0.25) is 5.32 Å². The van der Waals surface area contributed by atoms with Gasteiger partial charge in [-0.15, -0.1) is 0 Å². The van der Waals surface area contributed by atoms with Gasteiger partial charge in [0.05, 0.1) is 6.61 Å². The Kier molecular flexibility index (Phi) is 7.37. The summed E-state index contributed by atoms with van der Waals surface area (Å²) in [6.07, 6.45) is -1.49. The lowest BCUT2D eigenvalue weighted by atomic mass is 10.1. The molecule has 32 heavy (non-hydrogen) atoms. The molecule has 3 rings (SSSR count). The van der Waals surface area contributed by atoms with E-state index in [2.05, 4.69) is 5.32 Å². The third-order valence-electron chi connectivity index (χ3n) is 4.49. The summed E-state index contributed by atoms with van der Waals surface area (Å²) in [7, 11) is 0. The topological polar surface area (TPSA) is 104 Å². The largest absolute Gasteiger partial charge is 0.479 e. The monoisotopic (exact) mass is 459 g/mol. The maximum absolute atomic E-state index is 12.4. The Bertz CT molecular complexity index is 1200. The second-order valence-corrected chi connectivity index (χ2v) is 7.36. The van der Waals surface area contributed by atoms with E-state index in [9.17, 15) is 14.4 Å². The van der Waals surface area contributed by atoms with Gasteiger partial charge in [-0.25, -0.2) is 14.4 Å². The van der Waals surface area contributed by atoms with Crippen molar-refractivity contribution in [2.24, 2.45) is 0 Å². The predicted octanol–water partition coefficient (Wildman–Crippen LogP) is 4.83. The minimum absolute atomic E-state index is 0.154. The number of anilines is 1. The number of esters is 1. The van der Waals surface area contributed by atoms with Crippen LogP contribution in [-0.2, 0) is 20.9 Å². The number of carbonyl (C=O) groups excluding carboxylic acids is 2. The normalized spacial score (nSPS) is 11.6. The molecule has 0 saturated heterocycles. The van der Waals surface area contributed by atoms with Crippen molar-refractivity contribution in [2.75, 3.05) is 11.9 Å². The Morgan fingerprint density at radius 3 is 2.62 bits per heavy atom. The molecule has 1 aromatic heterocycles. The summed E-state index contributed by atoms with van der Waals surface area (Å²) in [6, 6.07) is 11.1. The van der Waals surface area contributed by atoms with E-state index in [-0.39, 0.29) is 18.8 Å². The summed E-state index contributed by atoms with van der Waals surface area (Å²) in [5, 5.41) is 3.67. The number of ether oxygens (including phenoxy) is 3. The molecule has 8 nitrogen and oxygen atoms in total. The molecule has 0 fully saturated rings. The van der Waals surface area contributed by atoms with Gasteiger partial charge in [-0.2, -0.15) is 0 Å². The molecule has 2 aromatic carbocycles. The summed E-state index contributed by atoms with van der Waals surface area (Å²) in [6.45, 7) is 5.15. The van der Waals surface area contributed by atoms with Crippen LogP contribution in [0.5, 0.6) is 5.75 Å². The molecule has 1 atom stereocenters. The van der Waals surface area contributed by atoms with Crippen molar-refractivity contribution in [3.63, 3.8) is 0 Å². The third kappa shape index (κ3) is 5.79. The van der Waals surface area contributed by atoms with Crippen molar-refractivity contribution in [3.05, 3.63) is 69.0 Å². The smallest absolute Gasteiger partial charge is 0.411 e. The van der Waals surface area contributed by atoms with Crippen LogP contribution in [0.3, 0.4) is 0 Å². The van der Waals surface area contributed by atoms with Crippen LogP contribution in [0.15, 0.2) is 51.7 Å². The fourth-order valence-electron chi connectivity index (χ4n) is 2.96. The Morgan fingerprint density at radius 1 is 1.12 bits per heavy atom. The summed E-state index contributed by atoms with van der Waals surface area (Å²) < 4.78 is 21.1. The van der Waals surface area contributed by atoms with Gasteiger partial charge in [-0.05, 0) is 56.7 Å². The minimum atomic E-state index is -0.873. The van der Waals surface area contributed by atoms with E-state index in [1.807, 2.05) is 6.92 Å². The molecule has 3 aromatic rings. The second-order valence-electron chi connectivity index (χ2n) is 6.92. The molecule has 0 bridgehead atoms.